The summed E-state index contributed by atoms with van der Waals surface area (Å²) in [5.74, 6) is -0.435. The Balaban J connectivity index is 2.21. The van der Waals surface area contributed by atoms with Crippen LogP contribution in [0.25, 0.3) is 0 Å². The van der Waals surface area contributed by atoms with E-state index in [1.807, 2.05) is 6.07 Å². The molecule has 6 heteroatoms. The van der Waals surface area contributed by atoms with Crippen LogP contribution in [0.1, 0.15) is 15.9 Å². The topological polar surface area (TPSA) is 98.6 Å². The van der Waals surface area contributed by atoms with E-state index >= 15 is 0 Å². The van der Waals surface area contributed by atoms with Crippen molar-refractivity contribution in [3.63, 3.8) is 0 Å². The summed E-state index contributed by atoms with van der Waals surface area (Å²) in [6.07, 6.45) is 0. The molecule has 2 aromatic carbocycles. The number of carbonyl (C=O) groups is 1. The lowest BCUT2D eigenvalue weighted by atomic mass is 10.2. The average molecular weight is 269 g/mol. The zero-order valence-corrected chi connectivity index (χ0v) is 10.4. The number of nitrogens with two attached hydrogens (primary N) is 1. The summed E-state index contributed by atoms with van der Waals surface area (Å²) in [6, 6.07) is 14.1. The number of nitrogens with zero attached hydrogens (tertiary/aromatic N) is 2. The van der Waals surface area contributed by atoms with Crippen LogP contribution >= 0.6 is 0 Å². The Morgan fingerprint density at radius 3 is 2.15 bits per heavy atom. The minimum absolute atomic E-state index is 0.0819. The van der Waals surface area contributed by atoms with E-state index in [4.69, 9.17) is 5.73 Å². The number of aliphatic imine (C=N–C) groups is 1. The zero-order valence-electron chi connectivity index (χ0n) is 10.4. The van der Waals surface area contributed by atoms with Crippen molar-refractivity contribution < 1.29 is 9.72 Å². The third-order valence-electron chi connectivity index (χ3n) is 2.62. The van der Waals surface area contributed by atoms with Crippen molar-refractivity contribution in [2.45, 2.75) is 0 Å². The summed E-state index contributed by atoms with van der Waals surface area (Å²) in [7, 11) is 0. The van der Waals surface area contributed by atoms with Crippen molar-refractivity contribution in [3.8, 4) is 0 Å². The van der Waals surface area contributed by atoms with Gasteiger partial charge in [-0.1, -0.05) is 30.3 Å². The zero-order chi connectivity index (χ0) is 14.5. The summed E-state index contributed by atoms with van der Waals surface area (Å²) < 4.78 is 0. The fourth-order valence-electron chi connectivity index (χ4n) is 1.57. The molecule has 0 fully saturated rings. The molecule has 2 aromatic rings. The molecule has 0 atom stereocenters. The van der Waals surface area contributed by atoms with Gasteiger partial charge in [0.25, 0.3) is 11.6 Å². The highest BCUT2D eigenvalue weighted by Gasteiger charge is 2.09. The van der Waals surface area contributed by atoms with Crippen molar-refractivity contribution in [2.24, 2.45) is 10.7 Å². The van der Waals surface area contributed by atoms with Crippen LogP contribution in [0.15, 0.2) is 59.6 Å². The molecule has 0 unspecified atom stereocenters. The number of nitro benzene ring substituents is 1. The van der Waals surface area contributed by atoms with Gasteiger partial charge in [0.15, 0.2) is 0 Å². The number of benzene rings is 2. The van der Waals surface area contributed by atoms with Gasteiger partial charge in [0.2, 0.25) is 0 Å². The molecule has 1 amide bonds. The Hall–Kier alpha value is -3.02. The lowest BCUT2D eigenvalue weighted by Crippen LogP contribution is -2.15. The van der Waals surface area contributed by atoms with E-state index in [0.29, 0.717) is 5.56 Å². The lowest BCUT2D eigenvalue weighted by Gasteiger charge is -2.00. The van der Waals surface area contributed by atoms with Gasteiger partial charge in [-0.3, -0.25) is 14.9 Å². The Bertz CT molecular complexity index is 664. The van der Waals surface area contributed by atoms with Crippen molar-refractivity contribution in [1.82, 2.24) is 0 Å². The minimum Gasteiger partial charge on any atom is -0.383 e. The summed E-state index contributed by atoms with van der Waals surface area (Å²) in [5.41, 5.74) is 6.54. The Labute approximate surface area is 114 Å². The second-order valence-electron chi connectivity index (χ2n) is 3.97. The van der Waals surface area contributed by atoms with Gasteiger partial charge in [-0.05, 0) is 12.1 Å². The second kappa shape index (κ2) is 5.75. The van der Waals surface area contributed by atoms with Crippen LogP contribution in [-0.4, -0.2) is 16.7 Å². The molecule has 0 radical (unpaired) electrons. The predicted octanol–water partition coefficient (Wildman–Crippen LogP) is 2.14. The third kappa shape index (κ3) is 3.05. The number of amides is 1. The number of non-ortho nitro benzene ring substituents is 1. The lowest BCUT2D eigenvalue weighted by molar-refractivity contribution is -0.384. The highest BCUT2D eigenvalue weighted by Crippen LogP contribution is 2.12. The summed E-state index contributed by atoms with van der Waals surface area (Å²) in [4.78, 5) is 25.6. The number of nitro groups is 1. The van der Waals surface area contributed by atoms with Crippen LogP contribution in [0, 0.1) is 10.1 Å². The maximum absolute atomic E-state index is 11.9. The van der Waals surface area contributed by atoms with Gasteiger partial charge in [0, 0.05) is 23.3 Å². The van der Waals surface area contributed by atoms with Crippen LogP contribution in [0.3, 0.4) is 0 Å². The van der Waals surface area contributed by atoms with Crippen molar-refractivity contribution >= 4 is 17.4 Å². The van der Waals surface area contributed by atoms with Gasteiger partial charge >= 0.3 is 0 Å². The van der Waals surface area contributed by atoms with E-state index in [1.54, 1.807) is 24.3 Å². The van der Waals surface area contributed by atoms with E-state index in [1.165, 1.54) is 24.3 Å². The molecule has 0 aliphatic heterocycles. The van der Waals surface area contributed by atoms with Gasteiger partial charge in [-0.2, -0.15) is 4.99 Å². The van der Waals surface area contributed by atoms with Crippen LogP contribution < -0.4 is 5.73 Å². The van der Waals surface area contributed by atoms with Crippen LogP contribution in [0.4, 0.5) is 5.69 Å². The van der Waals surface area contributed by atoms with Crippen LogP contribution in [0.5, 0.6) is 0 Å². The number of carbonyl (C=O) groups excluding carboxylic acids is 1. The monoisotopic (exact) mass is 269 g/mol. The summed E-state index contributed by atoms with van der Waals surface area (Å²) in [5, 5.41) is 10.5. The summed E-state index contributed by atoms with van der Waals surface area (Å²) >= 11 is 0. The van der Waals surface area contributed by atoms with E-state index in [-0.39, 0.29) is 17.1 Å². The number of rotatable bonds is 3. The van der Waals surface area contributed by atoms with E-state index < -0.39 is 10.8 Å². The van der Waals surface area contributed by atoms with Crippen LogP contribution in [0.2, 0.25) is 0 Å². The highest BCUT2D eigenvalue weighted by molar-refractivity contribution is 6.08. The van der Waals surface area contributed by atoms with Gasteiger partial charge in [0.1, 0.15) is 5.84 Å². The molecule has 6 nitrogen and oxygen atoms in total. The maximum Gasteiger partial charge on any atom is 0.278 e. The first kappa shape index (κ1) is 13.4. The fraction of sp³-hybridized carbons (Fsp3) is 0. The molecule has 0 heterocycles. The average Bonchev–Trinajstić information content (AvgIpc) is 2.48. The predicted molar refractivity (Wildman–Crippen MR) is 74.6 cm³/mol. The quantitative estimate of drug-likeness (QED) is 0.399. The normalized spacial score (nSPS) is 11.1. The Morgan fingerprint density at radius 1 is 1.00 bits per heavy atom. The first-order valence-corrected chi connectivity index (χ1v) is 5.76. The maximum atomic E-state index is 11.9. The van der Waals surface area contributed by atoms with Gasteiger partial charge in [0.05, 0.1) is 4.92 Å². The molecule has 0 saturated carbocycles. The Kier molecular flexibility index (Phi) is 3.85. The summed E-state index contributed by atoms with van der Waals surface area (Å²) in [6.45, 7) is 0. The largest absolute Gasteiger partial charge is 0.383 e. The second-order valence-corrected chi connectivity index (χ2v) is 3.97. The number of hydrogen-bond donors (Lipinski definition) is 1. The van der Waals surface area contributed by atoms with Crippen LogP contribution in [-0.2, 0) is 0 Å². The minimum atomic E-state index is -0.541. The van der Waals surface area contributed by atoms with E-state index in [9.17, 15) is 14.9 Å². The molecular weight excluding hydrogens is 258 g/mol. The molecule has 0 bridgehead atoms. The molecule has 100 valence electrons. The molecule has 0 aliphatic carbocycles. The molecule has 20 heavy (non-hydrogen) atoms. The molecule has 0 aliphatic rings. The Morgan fingerprint density at radius 2 is 1.60 bits per heavy atom. The third-order valence-corrected chi connectivity index (χ3v) is 2.62. The smallest absolute Gasteiger partial charge is 0.278 e. The molecule has 2 rings (SSSR count). The van der Waals surface area contributed by atoms with Crippen molar-refractivity contribution in [1.29, 1.82) is 0 Å². The number of amidine groups is 1. The highest BCUT2D eigenvalue weighted by atomic mass is 16.6. The molecule has 0 spiro atoms. The molecule has 0 saturated heterocycles. The molecule has 2 N–H and O–H groups in total. The molecular formula is C14H11N3O3. The SMILES string of the molecule is NC(=NC(=O)c1ccc([N+](=O)[O-])cc1)c1ccccc1. The van der Waals surface area contributed by atoms with Crippen molar-refractivity contribution in [2.75, 3.05) is 0 Å². The van der Waals surface area contributed by atoms with E-state index in [0.717, 1.165) is 0 Å². The van der Waals surface area contributed by atoms with E-state index in [2.05, 4.69) is 4.99 Å². The van der Waals surface area contributed by atoms with Gasteiger partial charge in [-0.15, -0.1) is 0 Å². The fourth-order valence-corrected chi connectivity index (χ4v) is 1.57. The van der Waals surface area contributed by atoms with Gasteiger partial charge in [-0.25, -0.2) is 0 Å². The number of hydrogen-bond acceptors (Lipinski definition) is 3. The first-order chi connectivity index (χ1) is 9.58. The van der Waals surface area contributed by atoms with Gasteiger partial charge < -0.3 is 5.73 Å². The standard InChI is InChI=1S/C14H11N3O3/c15-13(10-4-2-1-3-5-10)16-14(18)11-6-8-12(9-7-11)17(19)20/h1-9H,(H2,15,16,18). The first-order valence-electron chi connectivity index (χ1n) is 5.76. The van der Waals surface area contributed by atoms with Crippen molar-refractivity contribution in [3.05, 3.63) is 75.8 Å². The molecule has 0 aromatic heterocycles.